The van der Waals surface area contributed by atoms with Crippen molar-refractivity contribution in [2.24, 2.45) is 5.73 Å². The molecule has 0 amide bonds. The van der Waals surface area contributed by atoms with Crippen LogP contribution in [0.5, 0.6) is 0 Å². The maximum absolute atomic E-state index is 10.1. The van der Waals surface area contributed by atoms with E-state index in [-0.39, 0.29) is 12.6 Å². The van der Waals surface area contributed by atoms with Crippen molar-refractivity contribution in [2.75, 3.05) is 6.61 Å². The molecule has 4 nitrogen and oxygen atoms in total. The van der Waals surface area contributed by atoms with E-state index in [1.165, 1.54) is 0 Å². The molecular formula is C12H12N2O2S. The predicted octanol–water partition coefficient (Wildman–Crippen LogP) is 1.98. The fourth-order valence-electron chi connectivity index (χ4n) is 1.45. The Morgan fingerprint density at radius 3 is 2.94 bits per heavy atom. The summed E-state index contributed by atoms with van der Waals surface area (Å²) in [7, 11) is 0. The molecule has 2 rings (SSSR count). The highest BCUT2D eigenvalue weighted by molar-refractivity contribution is 7.13. The third kappa shape index (κ3) is 2.89. The van der Waals surface area contributed by atoms with E-state index in [1.807, 2.05) is 23.6 Å². The lowest BCUT2D eigenvalue weighted by Crippen LogP contribution is -2.15. The summed E-state index contributed by atoms with van der Waals surface area (Å²) in [6.45, 7) is 0.617. The number of carbonyl (C=O) groups is 1. The fraction of sp³-hybridized carbons (Fsp3) is 0.167. The summed E-state index contributed by atoms with van der Waals surface area (Å²) >= 11 is 1.61. The molecule has 2 aromatic heterocycles. The normalized spacial score (nSPS) is 12.1. The Balaban J connectivity index is 2.13. The second kappa shape index (κ2) is 5.56. The lowest BCUT2D eigenvalue weighted by atomic mass is 10.1. The van der Waals surface area contributed by atoms with Gasteiger partial charge in [0.05, 0.1) is 6.04 Å². The van der Waals surface area contributed by atoms with Crippen molar-refractivity contribution in [1.82, 2.24) is 4.98 Å². The predicted molar refractivity (Wildman–Crippen MR) is 66.5 cm³/mol. The Bertz CT molecular complexity index is 484. The van der Waals surface area contributed by atoms with Crippen LogP contribution in [0.3, 0.4) is 0 Å². The summed E-state index contributed by atoms with van der Waals surface area (Å²) in [5.74, 6) is 0. The van der Waals surface area contributed by atoms with Crippen LogP contribution in [0, 0.1) is 0 Å². The van der Waals surface area contributed by atoms with Crippen LogP contribution in [0.2, 0.25) is 0 Å². The number of nitrogens with two attached hydrogens (primary N) is 1. The van der Waals surface area contributed by atoms with Crippen LogP contribution in [0.15, 0.2) is 36.0 Å². The molecule has 0 radical (unpaired) electrons. The van der Waals surface area contributed by atoms with Gasteiger partial charge in [0.15, 0.2) is 0 Å². The minimum atomic E-state index is -0.271. The summed E-state index contributed by atoms with van der Waals surface area (Å²) in [6.07, 6.45) is 3.51. The van der Waals surface area contributed by atoms with Gasteiger partial charge in [-0.25, -0.2) is 0 Å². The topological polar surface area (TPSA) is 65.2 Å². The molecule has 17 heavy (non-hydrogen) atoms. The molecular weight excluding hydrogens is 236 g/mol. The van der Waals surface area contributed by atoms with E-state index >= 15 is 0 Å². The fourth-order valence-corrected chi connectivity index (χ4v) is 2.43. The number of hydrogen-bond acceptors (Lipinski definition) is 5. The van der Waals surface area contributed by atoms with Crippen molar-refractivity contribution >= 4 is 17.8 Å². The van der Waals surface area contributed by atoms with Gasteiger partial charge < -0.3 is 10.5 Å². The number of aromatic nitrogens is 1. The molecule has 0 aliphatic carbocycles. The Hall–Kier alpha value is -1.72. The molecule has 0 saturated carbocycles. The molecule has 2 aromatic rings. The van der Waals surface area contributed by atoms with Gasteiger partial charge in [0, 0.05) is 17.3 Å². The van der Waals surface area contributed by atoms with Gasteiger partial charge in [-0.05, 0) is 34.7 Å². The van der Waals surface area contributed by atoms with E-state index in [9.17, 15) is 4.79 Å². The Morgan fingerprint density at radius 1 is 1.47 bits per heavy atom. The first-order valence-electron chi connectivity index (χ1n) is 5.11. The molecule has 0 aliphatic rings. The van der Waals surface area contributed by atoms with Crippen LogP contribution < -0.4 is 5.73 Å². The van der Waals surface area contributed by atoms with E-state index in [1.54, 1.807) is 23.7 Å². The third-order valence-corrected chi connectivity index (χ3v) is 3.35. The molecule has 1 unspecified atom stereocenters. The maximum atomic E-state index is 10.1. The van der Waals surface area contributed by atoms with Crippen molar-refractivity contribution in [2.45, 2.75) is 6.04 Å². The van der Waals surface area contributed by atoms with E-state index in [0.29, 0.717) is 6.47 Å². The molecule has 0 aliphatic heterocycles. The van der Waals surface area contributed by atoms with E-state index in [2.05, 4.69) is 9.72 Å². The highest BCUT2D eigenvalue weighted by Gasteiger charge is 2.10. The first-order valence-corrected chi connectivity index (χ1v) is 5.99. The van der Waals surface area contributed by atoms with Crippen LogP contribution in [-0.2, 0) is 9.53 Å². The summed E-state index contributed by atoms with van der Waals surface area (Å²) in [4.78, 5) is 15.2. The van der Waals surface area contributed by atoms with Gasteiger partial charge in [0.2, 0.25) is 0 Å². The number of pyridine rings is 1. The van der Waals surface area contributed by atoms with Gasteiger partial charge in [0.1, 0.15) is 6.61 Å². The van der Waals surface area contributed by atoms with Gasteiger partial charge in [-0.3, -0.25) is 9.78 Å². The first-order chi connectivity index (χ1) is 8.31. The Kier molecular flexibility index (Phi) is 3.85. The number of ether oxygens (including phenoxy) is 1. The molecule has 0 bridgehead atoms. The zero-order valence-corrected chi connectivity index (χ0v) is 9.89. The molecule has 1 atom stereocenters. The van der Waals surface area contributed by atoms with Crippen LogP contribution in [0.25, 0.3) is 10.4 Å². The smallest absolute Gasteiger partial charge is 0.293 e. The minimum Gasteiger partial charge on any atom is -0.466 e. The molecule has 0 saturated heterocycles. The molecule has 0 fully saturated rings. The largest absolute Gasteiger partial charge is 0.466 e. The van der Waals surface area contributed by atoms with Crippen LogP contribution in [0.1, 0.15) is 11.6 Å². The second-order valence-corrected chi connectivity index (χ2v) is 4.43. The zero-order valence-electron chi connectivity index (χ0n) is 9.08. The van der Waals surface area contributed by atoms with Gasteiger partial charge in [-0.1, -0.05) is 0 Å². The summed E-state index contributed by atoms with van der Waals surface area (Å²) in [6, 6.07) is 5.64. The molecule has 2 heterocycles. The van der Waals surface area contributed by atoms with Crippen molar-refractivity contribution < 1.29 is 9.53 Å². The van der Waals surface area contributed by atoms with Crippen LogP contribution >= 0.6 is 11.3 Å². The standard InChI is InChI=1S/C12H12N2O2S/c13-11(6-16-8-15)10-5-12(17-7-10)9-1-3-14-4-2-9/h1-5,7-8,11H,6,13H2. The maximum Gasteiger partial charge on any atom is 0.293 e. The SMILES string of the molecule is NC(COC=O)c1csc(-c2ccncc2)c1. The number of carbonyl (C=O) groups excluding carboxylic acids is 1. The minimum absolute atomic E-state index is 0.204. The van der Waals surface area contributed by atoms with Crippen molar-refractivity contribution in [1.29, 1.82) is 0 Å². The number of nitrogens with zero attached hydrogens (tertiary/aromatic N) is 1. The van der Waals surface area contributed by atoms with Crippen molar-refractivity contribution in [3.63, 3.8) is 0 Å². The van der Waals surface area contributed by atoms with Gasteiger partial charge >= 0.3 is 0 Å². The molecule has 0 aromatic carbocycles. The van der Waals surface area contributed by atoms with Gasteiger partial charge in [0.25, 0.3) is 6.47 Å². The molecule has 2 N–H and O–H groups in total. The Morgan fingerprint density at radius 2 is 2.24 bits per heavy atom. The van der Waals surface area contributed by atoms with E-state index < -0.39 is 0 Å². The number of hydrogen-bond donors (Lipinski definition) is 1. The average Bonchev–Trinajstić information content (AvgIpc) is 2.86. The lowest BCUT2D eigenvalue weighted by molar-refractivity contribution is -0.129. The van der Waals surface area contributed by atoms with Gasteiger partial charge in [-0.2, -0.15) is 0 Å². The summed E-state index contributed by atoms with van der Waals surface area (Å²) < 4.78 is 4.65. The second-order valence-electron chi connectivity index (χ2n) is 3.52. The van der Waals surface area contributed by atoms with E-state index in [4.69, 9.17) is 5.73 Å². The Labute approximate surface area is 103 Å². The monoisotopic (exact) mass is 248 g/mol. The van der Waals surface area contributed by atoms with Crippen molar-refractivity contribution in [3.8, 4) is 10.4 Å². The quantitative estimate of drug-likeness (QED) is 0.822. The van der Waals surface area contributed by atoms with E-state index in [0.717, 1.165) is 16.0 Å². The number of rotatable bonds is 5. The molecule has 5 heteroatoms. The zero-order chi connectivity index (χ0) is 12.1. The molecule has 0 spiro atoms. The van der Waals surface area contributed by atoms with Crippen LogP contribution in [-0.4, -0.2) is 18.1 Å². The van der Waals surface area contributed by atoms with Crippen molar-refractivity contribution in [3.05, 3.63) is 41.5 Å². The summed E-state index contributed by atoms with van der Waals surface area (Å²) in [5, 5.41) is 1.98. The average molecular weight is 248 g/mol. The highest BCUT2D eigenvalue weighted by Crippen LogP contribution is 2.28. The number of thiophene rings is 1. The van der Waals surface area contributed by atoms with Crippen LogP contribution in [0.4, 0.5) is 0 Å². The third-order valence-electron chi connectivity index (χ3n) is 2.36. The molecule has 88 valence electrons. The van der Waals surface area contributed by atoms with Gasteiger partial charge in [-0.15, -0.1) is 11.3 Å². The highest BCUT2D eigenvalue weighted by atomic mass is 32.1. The lowest BCUT2D eigenvalue weighted by Gasteiger charge is -2.07. The summed E-state index contributed by atoms with van der Waals surface area (Å²) in [5.41, 5.74) is 7.97. The first kappa shape index (κ1) is 11.8.